The molecule has 4 fully saturated rings. The second kappa shape index (κ2) is 6.54. The van der Waals surface area contributed by atoms with Gasteiger partial charge in [0.05, 0.1) is 12.7 Å². The third-order valence-corrected chi connectivity index (χ3v) is 6.69. The Kier molecular flexibility index (Phi) is 4.02. The lowest BCUT2D eigenvalue weighted by Crippen LogP contribution is -2.60. The molecule has 0 spiro atoms. The van der Waals surface area contributed by atoms with Crippen LogP contribution in [0.25, 0.3) is 0 Å². The second-order valence-electron chi connectivity index (χ2n) is 7.91. The highest BCUT2D eigenvalue weighted by molar-refractivity contribution is 5.49. The molecule has 4 aliphatic heterocycles. The first-order valence-electron chi connectivity index (χ1n) is 9.79. The van der Waals surface area contributed by atoms with Gasteiger partial charge in [0, 0.05) is 30.7 Å². The van der Waals surface area contributed by atoms with E-state index in [0.29, 0.717) is 23.6 Å². The zero-order chi connectivity index (χ0) is 18.4. The molecule has 5 heterocycles. The number of hydrogen-bond acceptors (Lipinski definition) is 5. The fourth-order valence-electron chi connectivity index (χ4n) is 5.47. The van der Waals surface area contributed by atoms with Gasteiger partial charge in [-0.15, -0.1) is 0 Å². The zero-order valence-electron chi connectivity index (χ0n) is 15.6. The van der Waals surface area contributed by atoms with Crippen LogP contribution in [0.1, 0.15) is 29.9 Å². The van der Waals surface area contributed by atoms with Crippen LogP contribution in [0, 0.1) is 17.2 Å². The van der Waals surface area contributed by atoms with Crippen LogP contribution >= 0.6 is 0 Å². The summed E-state index contributed by atoms with van der Waals surface area (Å²) in [6.07, 6.45) is 4.25. The van der Waals surface area contributed by atoms with Gasteiger partial charge < -0.3 is 9.64 Å². The van der Waals surface area contributed by atoms with E-state index in [1.165, 1.54) is 31.5 Å². The molecule has 0 amide bonds. The molecule has 5 nitrogen and oxygen atoms in total. The Balaban J connectivity index is 1.54. The van der Waals surface area contributed by atoms with Gasteiger partial charge in [0.25, 0.3) is 0 Å². The Morgan fingerprint density at radius 3 is 2.70 bits per heavy atom. The van der Waals surface area contributed by atoms with Crippen molar-refractivity contribution in [3.05, 3.63) is 53.7 Å². The molecule has 0 aliphatic carbocycles. The van der Waals surface area contributed by atoms with Crippen molar-refractivity contribution < 1.29 is 4.74 Å². The van der Waals surface area contributed by atoms with Crippen LogP contribution in [0.15, 0.2) is 42.6 Å². The third kappa shape index (κ3) is 2.67. The normalized spacial score (nSPS) is 31.4. The number of hydrogen-bond donors (Lipinski definition) is 0. The van der Waals surface area contributed by atoms with Crippen molar-refractivity contribution in [2.45, 2.75) is 30.8 Å². The number of anilines is 1. The first-order chi connectivity index (χ1) is 13.3. The number of nitrogens with zero attached hydrogens (tertiary/aromatic N) is 4. The van der Waals surface area contributed by atoms with Crippen molar-refractivity contribution in [3.63, 3.8) is 0 Å². The fourth-order valence-corrected chi connectivity index (χ4v) is 5.47. The maximum Gasteiger partial charge on any atom is 0.128 e. The van der Waals surface area contributed by atoms with Crippen LogP contribution in [-0.2, 0) is 0 Å². The summed E-state index contributed by atoms with van der Waals surface area (Å²) in [6.45, 7) is 3.39. The van der Waals surface area contributed by atoms with Gasteiger partial charge in [0.15, 0.2) is 0 Å². The van der Waals surface area contributed by atoms with Gasteiger partial charge >= 0.3 is 0 Å². The van der Waals surface area contributed by atoms with Gasteiger partial charge in [-0.25, -0.2) is 4.98 Å². The predicted octanol–water partition coefficient (Wildman–Crippen LogP) is 3.03. The van der Waals surface area contributed by atoms with Crippen LogP contribution in [0.5, 0.6) is 5.75 Å². The first kappa shape index (κ1) is 16.6. The Labute approximate surface area is 160 Å². The van der Waals surface area contributed by atoms with Gasteiger partial charge in [0.1, 0.15) is 17.6 Å². The van der Waals surface area contributed by atoms with E-state index in [4.69, 9.17) is 10.00 Å². The van der Waals surface area contributed by atoms with Crippen molar-refractivity contribution >= 4 is 5.82 Å². The third-order valence-electron chi connectivity index (χ3n) is 6.69. The predicted molar refractivity (Wildman–Crippen MR) is 104 cm³/mol. The number of aromatic nitrogens is 1. The van der Waals surface area contributed by atoms with Gasteiger partial charge in [-0.2, -0.15) is 5.26 Å². The van der Waals surface area contributed by atoms with Gasteiger partial charge in [-0.1, -0.05) is 12.1 Å². The van der Waals surface area contributed by atoms with E-state index in [9.17, 15) is 0 Å². The van der Waals surface area contributed by atoms with Crippen LogP contribution in [0.2, 0.25) is 0 Å². The van der Waals surface area contributed by atoms with Gasteiger partial charge in [-0.3, -0.25) is 4.90 Å². The van der Waals surface area contributed by atoms with Crippen LogP contribution < -0.4 is 9.64 Å². The monoisotopic (exact) mass is 360 g/mol. The van der Waals surface area contributed by atoms with Crippen LogP contribution in [0.4, 0.5) is 5.82 Å². The molecule has 27 heavy (non-hydrogen) atoms. The maximum atomic E-state index is 9.09. The molecule has 4 aliphatic rings. The molecule has 0 unspecified atom stereocenters. The largest absolute Gasteiger partial charge is 0.497 e. The SMILES string of the molecule is COc1cccc([C@@H]2CN(c3ccc(C#N)cn3)[C@@H]3C4CCN(CC4)[C@@H]32)c1. The summed E-state index contributed by atoms with van der Waals surface area (Å²) in [7, 11) is 1.73. The minimum Gasteiger partial charge on any atom is -0.497 e. The summed E-state index contributed by atoms with van der Waals surface area (Å²) < 4.78 is 5.48. The van der Waals surface area contributed by atoms with Crippen molar-refractivity contribution in [2.75, 3.05) is 31.6 Å². The van der Waals surface area contributed by atoms with Crippen molar-refractivity contribution in [1.82, 2.24) is 9.88 Å². The summed E-state index contributed by atoms with van der Waals surface area (Å²) in [6, 6.07) is 15.7. The summed E-state index contributed by atoms with van der Waals surface area (Å²) >= 11 is 0. The summed E-state index contributed by atoms with van der Waals surface area (Å²) in [5.74, 6) is 3.11. The molecule has 2 aromatic rings. The van der Waals surface area contributed by atoms with Gasteiger partial charge in [-0.05, 0) is 61.7 Å². The molecule has 138 valence electrons. The molecular formula is C22H24N4O. The van der Waals surface area contributed by atoms with Crippen LogP contribution in [-0.4, -0.2) is 48.7 Å². The highest BCUT2D eigenvalue weighted by Gasteiger charge is 2.53. The minimum atomic E-state index is 0.450. The Morgan fingerprint density at radius 2 is 2.00 bits per heavy atom. The highest BCUT2D eigenvalue weighted by Crippen LogP contribution is 2.47. The van der Waals surface area contributed by atoms with Crippen LogP contribution in [0.3, 0.4) is 0 Å². The van der Waals surface area contributed by atoms with Gasteiger partial charge in [0.2, 0.25) is 0 Å². The lowest BCUT2D eigenvalue weighted by atomic mass is 9.75. The number of nitriles is 1. The molecule has 0 N–H and O–H groups in total. The maximum absolute atomic E-state index is 9.09. The van der Waals surface area contributed by atoms with E-state index in [1.807, 2.05) is 18.2 Å². The number of fused-ring (bicyclic) bond motifs is 2. The Bertz CT molecular complexity index is 867. The molecule has 1 aromatic carbocycles. The lowest BCUT2D eigenvalue weighted by molar-refractivity contribution is 0.0354. The van der Waals surface area contributed by atoms with E-state index in [0.717, 1.165) is 24.0 Å². The Morgan fingerprint density at radius 1 is 1.15 bits per heavy atom. The van der Waals surface area contributed by atoms with Crippen molar-refractivity contribution in [2.24, 2.45) is 5.92 Å². The van der Waals surface area contributed by atoms with Crippen molar-refractivity contribution in [1.29, 1.82) is 5.26 Å². The number of piperidine rings is 3. The first-order valence-corrected chi connectivity index (χ1v) is 9.79. The molecule has 3 atom stereocenters. The van der Waals surface area contributed by atoms with E-state index in [2.05, 4.69) is 39.1 Å². The summed E-state index contributed by atoms with van der Waals surface area (Å²) in [5, 5.41) is 9.09. The summed E-state index contributed by atoms with van der Waals surface area (Å²) in [4.78, 5) is 9.83. The molecule has 0 radical (unpaired) electrons. The number of ether oxygens (including phenoxy) is 1. The Hall–Kier alpha value is -2.58. The topological polar surface area (TPSA) is 52.4 Å². The standard InChI is InChI=1S/C22H24N4O/c1-27-18-4-2-3-17(11-18)19-14-26(20-6-5-15(12-23)13-24-20)21-16-7-9-25(10-8-16)22(19)21/h2-6,11,13,16,19,21-22H,7-10,14H2,1H3/t19-,21+,22+/m0/s1. The minimum absolute atomic E-state index is 0.450. The quantitative estimate of drug-likeness (QED) is 0.842. The highest BCUT2D eigenvalue weighted by atomic mass is 16.5. The van der Waals surface area contributed by atoms with E-state index in [1.54, 1.807) is 13.3 Å². The van der Waals surface area contributed by atoms with Crippen molar-refractivity contribution in [3.8, 4) is 11.8 Å². The summed E-state index contributed by atoms with van der Waals surface area (Å²) in [5.41, 5.74) is 1.97. The van der Waals surface area contributed by atoms with E-state index < -0.39 is 0 Å². The molecule has 6 rings (SSSR count). The molecule has 1 aromatic heterocycles. The van der Waals surface area contributed by atoms with E-state index >= 15 is 0 Å². The number of methoxy groups -OCH3 is 1. The fraction of sp³-hybridized carbons (Fsp3) is 0.455. The average Bonchev–Trinajstić information content (AvgIpc) is 3.18. The molecule has 5 heteroatoms. The smallest absolute Gasteiger partial charge is 0.128 e. The number of benzene rings is 1. The molecule has 4 saturated heterocycles. The number of rotatable bonds is 3. The second-order valence-corrected chi connectivity index (χ2v) is 7.91. The lowest BCUT2D eigenvalue weighted by Gasteiger charge is -2.51. The zero-order valence-corrected chi connectivity index (χ0v) is 15.6. The molecular weight excluding hydrogens is 336 g/mol. The number of pyridine rings is 1. The average molecular weight is 360 g/mol. The molecule has 0 saturated carbocycles. The van der Waals surface area contributed by atoms with E-state index in [-0.39, 0.29) is 0 Å². The molecule has 2 bridgehead atoms.